The van der Waals surface area contributed by atoms with E-state index in [1.165, 1.54) is 13.3 Å². The summed E-state index contributed by atoms with van der Waals surface area (Å²) in [4.78, 5) is 24.1. The zero-order valence-electron chi connectivity index (χ0n) is 23.0. The fourth-order valence-electron chi connectivity index (χ4n) is 5.51. The van der Waals surface area contributed by atoms with E-state index in [1.54, 1.807) is 53.4 Å². The number of benzene rings is 2. The summed E-state index contributed by atoms with van der Waals surface area (Å²) in [7, 11) is -2.45. The van der Waals surface area contributed by atoms with Crippen LogP contribution in [0.5, 0.6) is 11.6 Å². The molecule has 2 atom stereocenters. The normalized spacial score (nSPS) is 19.7. The summed E-state index contributed by atoms with van der Waals surface area (Å²) < 4.78 is 39.4. The van der Waals surface area contributed by atoms with Gasteiger partial charge < -0.3 is 24.8 Å². The van der Waals surface area contributed by atoms with E-state index in [0.717, 1.165) is 16.0 Å². The number of aromatic nitrogens is 3. The van der Waals surface area contributed by atoms with E-state index < -0.39 is 10.0 Å². The second kappa shape index (κ2) is 10.0. The maximum absolute atomic E-state index is 13.5. The Morgan fingerprint density at radius 1 is 1.17 bits per heavy atom. The molecule has 0 spiro atoms. The van der Waals surface area contributed by atoms with Crippen LogP contribution in [0.15, 0.2) is 59.6 Å². The maximum atomic E-state index is 13.5. The second-order valence-corrected chi connectivity index (χ2v) is 12.4. The third-order valence-electron chi connectivity index (χ3n) is 7.94. The first-order valence-electron chi connectivity index (χ1n) is 13.4. The number of piperidine rings is 1. The van der Waals surface area contributed by atoms with Gasteiger partial charge in [0, 0.05) is 30.3 Å². The lowest BCUT2D eigenvalue weighted by atomic mass is 10.1. The van der Waals surface area contributed by atoms with Gasteiger partial charge in [-0.05, 0) is 62.6 Å². The van der Waals surface area contributed by atoms with E-state index in [9.17, 15) is 18.3 Å². The number of aryl methyl sites for hydroxylation is 1. The van der Waals surface area contributed by atoms with Crippen LogP contribution in [0, 0.1) is 18.3 Å². The van der Waals surface area contributed by atoms with Gasteiger partial charge in [0.2, 0.25) is 11.8 Å². The number of rotatable bonds is 9. The molecule has 12 heteroatoms. The minimum absolute atomic E-state index is 0.0946. The number of nitrogens with zero attached hydrogens (tertiary/aromatic N) is 4. The number of anilines is 2. The predicted octanol–water partition coefficient (Wildman–Crippen LogP) is 3.58. The molecule has 0 radical (unpaired) electrons. The van der Waals surface area contributed by atoms with Gasteiger partial charge in [0.05, 0.1) is 36.3 Å². The molecular weight excluding hydrogens is 546 g/mol. The van der Waals surface area contributed by atoms with Crippen molar-refractivity contribution < 1.29 is 27.8 Å². The number of fused-ring (bicyclic) bond motifs is 2. The van der Waals surface area contributed by atoms with Crippen LogP contribution in [0.1, 0.15) is 29.3 Å². The number of likely N-dealkylation sites (tertiary alicyclic amines) is 1. The smallest absolute Gasteiger partial charge is 0.269 e. The van der Waals surface area contributed by atoms with Gasteiger partial charge in [-0.3, -0.25) is 4.79 Å². The van der Waals surface area contributed by atoms with Crippen LogP contribution in [0.4, 0.5) is 11.6 Å². The zero-order chi connectivity index (χ0) is 28.9. The highest BCUT2D eigenvalue weighted by atomic mass is 32.2. The average molecular weight is 578 g/mol. The van der Waals surface area contributed by atoms with Crippen LogP contribution >= 0.6 is 0 Å². The predicted molar refractivity (Wildman–Crippen MR) is 152 cm³/mol. The van der Waals surface area contributed by atoms with Gasteiger partial charge in [-0.1, -0.05) is 17.7 Å². The molecule has 1 amide bonds. The largest absolute Gasteiger partial charge is 0.495 e. The van der Waals surface area contributed by atoms with Crippen molar-refractivity contribution in [2.45, 2.75) is 25.2 Å². The highest BCUT2D eigenvalue weighted by Gasteiger charge is 2.60. The van der Waals surface area contributed by atoms with E-state index in [-0.39, 0.29) is 40.3 Å². The lowest BCUT2D eigenvalue weighted by Crippen LogP contribution is -2.32. The van der Waals surface area contributed by atoms with Crippen molar-refractivity contribution in [3.05, 3.63) is 65.9 Å². The first kappa shape index (κ1) is 27.0. The topological polar surface area (TPSA) is 136 Å². The Morgan fingerprint density at radius 3 is 2.63 bits per heavy atom. The van der Waals surface area contributed by atoms with Gasteiger partial charge >= 0.3 is 0 Å². The third-order valence-corrected chi connectivity index (χ3v) is 9.62. The highest BCUT2D eigenvalue weighted by molar-refractivity contribution is 7.90. The molecule has 1 saturated carbocycles. The van der Waals surface area contributed by atoms with E-state index in [4.69, 9.17) is 9.47 Å². The Kier molecular flexibility index (Phi) is 6.62. The number of carbonyl (C=O) groups is 1. The van der Waals surface area contributed by atoms with Gasteiger partial charge in [0.15, 0.2) is 5.65 Å². The van der Waals surface area contributed by atoms with Crippen molar-refractivity contribution >= 4 is 38.6 Å². The molecule has 41 heavy (non-hydrogen) atoms. The first-order valence-corrected chi connectivity index (χ1v) is 14.8. The van der Waals surface area contributed by atoms with E-state index >= 15 is 0 Å². The van der Waals surface area contributed by atoms with Crippen molar-refractivity contribution in [3.63, 3.8) is 0 Å². The number of ether oxygens (including phenoxy) is 2. The summed E-state index contributed by atoms with van der Waals surface area (Å²) in [5.74, 6) is 0.960. The minimum atomic E-state index is -3.94. The number of carbonyl (C=O) groups excluding carboxylic acids is 1. The monoisotopic (exact) mass is 577 g/mol. The van der Waals surface area contributed by atoms with Gasteiger partial charge in [0.1, 0.15) is 5.75 Å². The Hall–Kier alpha value is -4.16. The Morgan fingerprint density at radius 2 is 1.95 bits per heavy atom. The summed E-state index contributed by atoms with van der Waals surface area (Å²) in [6.07, 6.45) is 2.40. The summed E-state index contributed by atoms with van der Waals surface area (Å²) >= 11 is 0. The van der Waals surface area contributed by atoms with Gasteiger partial charge in [-0.25, -0.2) is 12.4 Å². The van der Waals surface area contributed by atoms with E-state index in [2.05, 4.69) is 15.3 Å². The van der Waals surface area contributed by atoms with Crippen molar-refractivity contribution in [2.75, 3.05) is 38.7 Å². The molecule has 2 N–H and O–H groups in total. The molecule has 3 heterocycles. The number of hydrogen-bond donors (Lipinski definition) is 2. The van der Waals surface area contributed by atoms with E-state index in [0.29, 0.717) is 48.0 Å². The molecule has 1 aliphatic heterocycles. The average Bonchev–Trinajstić information content (AvgIpc) is 3.28. The SMILES string of the molecule is CCOc1nc(Nc2ccc(C(=O)N3CC4CC4(CO)C3)cc2OC)nc2c1ccn2S(=O)(=O)c1ccc(C)cc1. The maximum Gasteiger partial charge on any atom is 0.269 e. The fourth-order valence-corrected chi connectivity index (χ4v) is 6.80. The molecule has 2 unspecified atom stereocenters. The molecule has 2 aliphatic rings. The first-order chi connectivity index (χ1) is 19.7. The fraction of sp³-hybridized carbons (Fsp3) is 0.345. The molecule has 2 fully saturated rings. The number of hydrogen-bond acceptors (Lipinski definition) is 9. The van der Waals surface area contributed by atoms with Crippen LogP contribution in [0.25, 0.3) is 11.0 Å². The lowest BCUT2D eigenvalue weighted by Gasteiger charge is -2.21. The quantitative estimate of drug-likeness (QED) is 0.306. The number of aliphatic hydroxyl groups is 1. The molecule has 6 rings (SSSR count). The zero-order valence-corrected chi connectivity index (χ0v) is 23.8. The number of amides is 1. The molecule has 1 aliphatic carbocycles. The van der Waals surface area contributed by atoms with Crippen LogP contribution in [0.3, 0.4) is 0 Å². The lowest BCUT2D eigenvalue weighted by molar-refractivity contribution is 0.0751. The molecule has 11 nitrogen and oxygen atoms in total. The van der Waals surface area contributed by atoms with Gasteiger partial charge in [-0.15, -0.1) is 0 Å². The molecule has 0 bridgehead atoms. The third kappa shape index (κ3) is 4.66. The van der Waals surface area contributed by atoms with Crippen LogP contribution in [-0.2, 0) is 10.0 Å². The van der Waals surface area contributed by atoms with Crippen molar-refractivity contribution in [1.82, 2.24) is 18.8 Å². The minimum Gasteiger partial charge on any atom is -0.495 e. The van der Waals surface area contributed by atoms with Gasteiger partial charge in [-0.2, -0.15) is 9.97 Å². The summed E-state index contributed by atoms with van der Waals surface area (Å²) in [6.45, 7) is 5.30. The van der Waals surface area contributed by atoms with Crippen LogP contribution < -0.4 is 14.8 Å². The molecule has 4 aromatic rings. The Balaban J connectivity index is 1.33. The standard InChI is InChI=1S/C29H31N5O6S/c1-4-40-26-22-11-12-34(41(37,38)21-8-5-18(2)6-9-21)25(22)31-28(32-26)30-23-10-7-19(13-24(23)39-3)27(36)33-15-20-14-29(20,16-33)17-35/h5-13,20,35H,4,14-17H2,1-3H3,(H,30,31,32). The van der Waals surface area contributed by atoms with Crippen molar-refractivity contribution in [3.8, 4) is 11.6 Å². The number of methoxy groups -OCH3 is 1. The van der Waals surface area contributed by atoms with E-state index in [1.807, 2.05) is 13.8 Å². The number of aliphatic hydroxyl groups excluding tert-OH is 1. The summed E-state index contributed by atoms with van der Waals surface area (Å²) in [5, 5.41) is 13.3. The molecule has 214 valence electrons. The summed E-state index contributed by atoms with van der Waals surface area (Å²) in [5.41, 5.74) is 1.91. The van der Waals surface area contributed by atoms with Crippen molar-refractivity contribution in [1.29, 1.82) is 0 Å². The summed E-state index contributed by atoms with van der Waals surface area (Å²) in [6, 6.07) is 13.2. The Bertz CT molecular complexity index is 1750. The Labute approximate surface area is 237 Å². The van der Waals surface area contributed by atoms with Crippen LogP contribution in [-0.4, -0.2) is 71.7 Å². The highest BCUT2D eigenvalue weighted by Crippen LogP contribution is 2.57. The molecular formula is C29H31N5O6S. The molecule has 2 aromatic heterocycles. The van der Waals surface area contributed by atoms with Crippen LogP contribution in [0.2, 0.25) is 0 Å². The molecule has 1 saturated heterocycles. The second-order valence-electron chi connectivity index (χ2n) is 10.6. The van der Waals surface area contributed by atoms with Crippen molar-refractivity contribution in [2.24, 2.45) is 11.3 Å². The molecule has 2 aromatic carbocycles. The number of nitrogens with one attached hydrogen (secondary N) is 1. The van der Waals surface area contributed by atoms with Gasteiger partial charge in [0.25, 0.3) is 15.9 Å².